The number of anilines is 1. The van der Waals surface area contributed by atoms with Gasteiger partial charge in [0.05, 0.1) is 13.2 Å². The number of carbonyl (C=O) groups excluding carboxylic acids is 3. The van der Waals surface area contributed by atoms with Crippen molar-refractivity contribution in [3.8, 4) is 11.1 Å². The molecule has 1 aliphatic heterocycles. The molecule has 0 atom stereocenters. The highest BCUT2D eigenvalue weighted by Crippen LogP contribution is 2.40. The van der Waals surface area contributed by atoms with Crippen molar-refractivity contribution >= 4 is 34.1 Å². The predicted octanol–water partition coefficient (Wildman–Crippen LogP) is 4.61. The van der Waals surface area contributed by atoms with Gasteiger partial charge in [-0.25, -0.2) is 4.79 Å². The van der Waals surface area contributed by atoms with Crippen molar-refractivity contribution in [3.05, 3.63) is 76.2 Å². The minimum atomic E-state index is -0.444. The lowest BCUT2D eigenvalue weighted by molar-refractivity contribution is -0.117. The van der Waals surface area contributed by atoms with Crippen LogP contribution in [-0.4, -0.2) is 66.9 Å². The van der Waals surface area contributed by atoms with Crippen LogP contribution in [0.5, 0.6) is 0 Å². The van der Waals surface area contributed by atoms with Crippen LogP contribution in [0, 0.1) is 13.8 Å². The first kappa shape index (κ1) is 25.6. The Hall–Kier alpha value is -3.49. The summed E-state index contributed by atoms with van der Waals surface area (Å²) in [6, 6.07) is 17.2. The Bertz CT molecular complexity index is 1230. The Kier molecular flexibility index (Phi) is 8.18. The summed E-state index contributed by atoms with van der Waals surface area (Å²) >= 11 is 1.38. The van der Waals surface area contributed by atoms with E-state index in [1.807, 2.05) is 78.2 Å². The van der Waals surface area contributed by atoms with Gasteiger partial charge < -0.3 is 15.0 Å². The summed E-state index contributed by atoms with van der Waals surface area (Å²) in [7, 11) is 0. The molecule has 8 heteroatoms. The number of esters is 1. The van der Waals surface area contributed by atoms with Gasteiger partial charge in [0.2, 0.25) is 5.91 Å². The van der Waals surface area contributed by atoms with Crippen molar-refractivity contribution in [3.63, 3.8) is 0 Å². The molecule has 0 radical (unpaired) electrons. The summed E-state index contributed by atoms with van der Waals surface area (Å²) < 4.78 is 5.34. The van der Waals surface area contributed by atoms with E-state index in [1.54, 1.807) is 6.92 Å². The van der Waals surface area contributed by atoms with E-state index in [2.05, 4.69) is 5.32 Å². The number of amides is 2. The molecule has 0 unspecified atom stereocenters. The van der Waals surface area contributed by atoms with Gasteiger partial charge in [-0.3, -0.25) is 14.5 Å². The van der Waals surface area contributed by atoms with Gasteiger partial charge in [-0.05, 0) is 38.5 Å². The number of nitrogens with one attached hydrogen (secondary N) is 1. The Morgan fingerprint density at radius 3 is 2.25 bits per heavy atom. The molecular formula is C28H31N3O4S. The smallest absolute Gasteiger partial charge is 0.341 e. The van der Waals surface area contributed by atoms with Gasteiger partial charge in [0.25, 0.3) is 5.91 Å². The Morgan fingerprint density at radius 1 is 0.944 bits per heavy atom. The molecule has 0 spiro atoms. The van der Waals surface area contributed by atoms with Gasteiger partial charge in [0, 0.05) is 42.2 Å². The van der Waals surface area contributed by atoms with Crippen LogP contribution in [0.2, 0.25) is 0 Å². The van der Waals surface area contributed by atoms with Crippen molar-refractivity contribution in [2.75, 3.05) is 44.6 Å². The van der Waals surface area contributed by atoms with Crippen LogP contribution < -0.4 is 5.32 Å². The van der Waals surface area contributed by atoms with Gasteiger partial charge in [-0.1, -0.05) is 48.0 Å². The van der Waals surface area contributed by atoms with Gasteiger partial charge >= 0.3 is 5.97 Å². The zero-order valence-electron chi connectivity index (χ0n) is 20.9. The largest absolute Gasteiger partial charge is 0.462 e. The number of piperazine rings is 1. The third kappa shape index (κ3) is 5.83. The number of nitrogens with zero attached hydrogens (tertiary/aromatic N) is 2. The summed E-state index contributed by atoms with van der Waals surface area (Å²) in [6.45, 7) is 8.50. The lowest BCUT2D eigenvalue weighted by Gasteiger charge is -2.34. The van der Waals surface area contributed by atoms with Crippen LogP contribution in [0.3, 0.4) is 0 Å². The minimum Gasteiger partial charge on any atom is -0.462 e. The lowest BCUT2D eigenvalue weighted by atomic mass is 10.0. The molecule has 1 N–H and O–H groups in total. The fraction of sp³-hybridized carbons (Fsp3) is 0.321. The first-order chi connectivity index (χ1) is 17.4. The zero-order valence-corrected chi connectivity index (χ0v) is 21.7. The third-order valence-corrected chi connectivity index (χ3v) is 7.23. The molecule has 0 aliphatic carbocycles. The van der Waals surface area contributed by atoms with E-state index < -0.39 is 5.97 Å². The minimum absolute atomic E-state index is 0.0106. The summed E-state index contributed by atoms with van der Waals surface area (Å²) in [5.74, 6) is -0.627. The highest BCUT2D eigenvalue weighted by Gasteiger charge is 2.27. The van der Waals surface area contributed by atoms with E-state index in [9.17, 15) is 14.4 Å². The second-order valence-electron chi connectivity index (χ2n) is 8.81. The Morgan fingerprint density at radius 2 is 1.61 bits per heavy atom. The predicted molar refractivity (Wildman–Crippen MR) is 143 cm³/mol. The number of rotatable bonds is 7. The SMILES string of the molecule is CCOC(=O)c1c(NC(=O)CN2CCN(C(=O)c3ccccc3)CC2)sc(C)c1-c1ccc(C)cc1. The topological polar surface area (TPSA) is 79.0 Å². The standard InChI is InChI=1S/C28H31N3O4S/c1-4-35-28(34)25-24(21-12-10-19(2)11-13-21)20(3)36-26(25)29-23(32)18-30-14-16-31(17-15-30)27(33)22-8-6-5-7-9-22/h5-13H,4,14-18H2,1-3H3,(H,29,32). The zero-order chi connectivity index (χ0) is 25.7. The normalized spacial score (nSPS) is 13.9. The first-order valence-corrected chi connectivity index (χ1v) is 12.9. The van der Waals surface area contributed by atoms with Crippen molar-refractivity contribution in [1.82, 2.24) is 9.80 Å². The summed E-state index contributed by atoms with van der Waals surface area (Å²) in [5.41, 5.74) is 3.91. The molecule has 2 heterocycles. The maximum atomic E-state index is 13.0. The van der Waals surface area contributed by atoms with Crippen molar-refractivity contribution in [2.24, 2.45) is 0 Å². The molecule has 4 rings (SSSR count). The number of benzene rings is 2. The molecule has 3 aromatic rings. The van der Waals surface area contributed by atoms with Gasteiger partial charge in [-0.15, -0.1) is 11.3 Å². The number of aryl methyl sites for hydroxylation is 2. The van der Waals surface area contributed by atoms with E-state index in [0.717, 1.165) is 21.6 Å². The molecule has 1 aromatic heterocycles. The van der Waals surface area contributed by atoms with E-state index in [-0.39, 0.29) is 25.0 Å². The van der Waals surface area contributed by atoms with Crippen molar-refractivity contribution < 1.29 is 19.1 Å². The van der Waals surface area contributed by atoms with Gasteiger partial charge in [0.15, 0.2) is 0 Å². The number of hydrogen-bond acceptors (Lipinski definition) is 6. The van der Waals surface area contributed by atoms with E-state index in [1.165, 1.54) is 11.3 Å². The molecule has 1 aliphatic rings. The summed E-state index contributed by atoms with van der Waals surface area (Å²) in [5, 5.41) is 3.46. The Labute approximate surface area is 215 Å². The van der Waals surface area contributed by atoms with E-state index in [0.29, 0.717) is 42.3 Å². The fourth-order valence-electron chi connectivity index (χ4n) is 4.34. The average Bonchev–Trinajstić information content (AvgIpc) is 3.20. The molecule has 188 valence electrons. The molecule has 2 aromatic carbocycles. The average molecular weight is 506 g/mol. The third-order valence-electron chi connectivity index (χ3n) is 6.20. The second-order valence-corrected chi connectivity index (χ2v) is 10.0. The number of carbonyl (C=O) groups is 3. The van der Waals surface area contributed by atoms with Gasteiger partial charge in [-0.2, -0.15) is 0 Å². The quantitative estimate of drug-likeness (QED) is 0.475. The summed E-state index contributed by atoms with van der Waals surface area (Å²) in [4.78, 5) is 43.3. The highest BCUT2D eigenvalue weighted by molar-refractivity contribution is 7.17. The van der Waals surface area contributed by atoms with Crippen LogP contribution >= 0.6 is 11.3 Å². The Balaban J connectivity index is 1.43. The highest BCUT2D eigenvalue weighted by atomic mass is 32.1. The molecule has 0 saturated carbocycles. The second kappa shape index (κ2) is 11.5. The van der Waals surface area contributed by atoms with Crippen LogP contribution in [-0.2, 0) is 9.53 Å². The van der Waals surface area contributed by atoms with Crippen LogP contribution in [0.1, 0.15) is 38.1 Å². The maximum absolute atomic E-state index is 13.0. The van der Waals surface area contributed by atoms with Crippen molar-refractivity contribution in [2.45, 2.75) is 20.8 Å². The number of ether oxygens (including phenoxy) is 1. The molecule has 1 saturated heterocycles. The number of hydrogen-bond donors (Lipinski definition) is 1. The number of thiophene rings is 1. The van der Waals surface area contributed by atoms with Crippen LogP contribution in [0.15, 0.2) is 54.6 Å². The van der Waals surface area contributed by atoms with E-state index in [4.69, 9.17) is 4.74 Å². The van der Waals surface area contributed by atoms with E-state index >= 15 is 0 Å². The molecular weight excluding hydrogens is 474 g/mol. The molecule has 36 heavy (non-hydrogen) atoms. The molecule has 0 bridgehead atoms. The summed E-state index contributed by atoms with van der Waals surface area (Å²) in [6.07, 6.45) is 0. The van der Waals surface area contributed by atoms with Gasteiger partial charge in [0.1, 0.15) is 10.6 Å². The molecule has 7 nitrogen and oxygen atoms in total. The molecule has 2 amide bonds. The molecule has 1 fully saturated rings. The maximum Gasteiger partial charge on any atom is 0.341 e. The first-order valence-electron chi connectivity index (χ1n) is 12.1. The fourth-order valence-corrected chi connectivity index (χ4v) is 5.42. The lowest BCUT2D eigenvalue weighted by Crippen LogP contribution is -2.50. The van der Waals surface area contributed by atoms with Crippen molar-refractivity contribution in [1.29, 1.82) is 0 Å². The van der Waals surface area contributed by atoms with Crippen LogP contribution in [0.4, 0.5) is 5.00 Å². The monoisotopic (exact) mass is 505 g/mol. The van der Waals surface area contributed by atoms with Crippen LogP contribution in [0.25, 0.3) is 11.1 Å².